The van der Waals surface area contributed by atoms with E-state index in [-0.39, 0.29) is 13.2 Å². The molecule has 0 aliphatic carbocycles. The van der Waals surface area contributed by atoms with Crippen molar-refractivity contribution < 1.29 is 10.2 Å². The first-order valence-corrected chi connectivity index (χ1v) is 8.62. The highest BCUT2D eigenvalue weighted by Gasteiger charge is 2.07. The lowest BCUT2D eigenvalue weighted by molar-refractivity contribution is 0.281. The number of aromatic nitrogens is 1. The van der Waals surface area contributed by atoms with Crippen LogP contribution in [-0.2, 0) is 0 Å². The minimum Gasteiger partial charge on any atom is -0.399 e. The quantitative estimate of drug-likeness (QED) is 0.445. The number of aliphatic hydroxyl groups is 2. The molecule has 25 heavy (non-hydrogen) atoms. The SMILES string of the molecule is Nc1ccc2nsc(N=Nc3ccc(N(CCO)CCO)cc3)c2c1. The lowest BCUT2D eigenvalue weighted by Gasteiger charge is -2.22. The molecular weight excluding hydrogens is 338 g/mol. The predicted octanol–water partition coefficient (Wildman–Crippen LogP) is 3.08. The third-order valence-electron chi connectivity index (χ3n) is 3.69. The Kier molecular flexibility index (Phi) is 5.54. The minimum absolute atomic E-state index is 0.0308. The Morgan fingerprint density at radius 3 is 2.40 bits per heavy atom. The summed E-state index contributed by atoms with van der Waals surface area (Å²) < 4.78 is 4.33. The molecule has 3 aromatic rings. The molecule has 0 radical (unpaired) electrons. The third kappa shape index (κ3) is 4.11. The van der Waals surface area contributed by atoms with E-state index < -0.39 is 0 Å². The van der Waals surface area contributed by atoms with Gasteiger partial charge in [-0.3, -0.25) is 0 Å². The number of aliphatic hydroxyl groups excluding tert-OH is 2. The summed E-state index contributed by atoms with van der Waals surface area (Å²) in [5.74, 6) is 0. The van der Waals surface area contributed by atoms with Crippen LogP contribution in [0.15, 0.2) is 52.7 Å². The van der Waals surface area contributed by atoms with E-state index in [1.54, 1.807) is 0 Å². The standard InChI is InChI=1S/C17H19N5O2S/c18-12-1-6-16-15(11-12)17(25-21-16)20-19-13-2-4-14(5-3-13)22(7-9-23)8-10-24/h1-6,11,23-24H,7-10,18H2. The van der Waals surface area contributed by atoms with Gasteiger partial charge < -0.3 is 20.8 Å². The smallest absolute Gasteiger partial charge is 0.166 e. The summed E-state index contributed by atoms with van der Waals surface area (Å²) in [5.41, 5.74) is 8.96. The highest BCUT2D eigenvalue weighted by molar-refractivity contribution is 7.11. The largest absolute Gasteiger partial charge is 0.399 e. The molecule has 0 aliphatic heterocycles. The monoisotopic (exact) mass is 357 g/mol. The van der Waals surface area contributed by atoms with Crippen molar-refractivity contribution in [2.24, 2.45) is 10.2 Å². The van der Waals surface area contributed by atoms with Crippen molar-refractivity contribution in [1.82, 2.24) is 4.37 Å². The Labute approximate surface area is 149 Å². The average molecular weight is 357 g/mol. The zero-order chi connectivity index (χ0) is 17.6. The highest BCUT2D eigenvalue weighted by Crippen LogP contribution is 2.33. The number of nitrogens with zero attached hydrogens (tertiary/aromatic N) is 4. The molecule has 3 rings (SSSR count). The van der Waals surface area contributed by atoms with E-state index in [0.717, 1.165) is 16.6 Å². The number of anilines is 2. The second kappa shape index (κ2) is 8.02. The van der Waals surface area contributed by atoms with Crippen LogP contribution in [0, 0.1) is 0 Å². The van der Waals surface area contributed by atoms with Gasteiger partial charge in [-0.15, -0.1) is 10.2 Å². The Hall–Kier alpha value is -2.55. The van der Waals surface area contributed by atoms with Crippen molar-refractivity contribution in [2.45, 2.75) is 0 Å². The Morgan fingerprint density at radius 1 is 1.00 bits per heavy atom. The zero-order valence-electron chi connectivity index (χ0n) is 13.5. The molecule has 0 aliphatic rings. The topological polar surface area (TPSA) is 107 Å². The van der Waals surface area contributed by atoms with E-state index in [2.05, 4.69) is 14.6 Å². The van der Waals surface area contributed by atoms with Gasteiger partial charge in [-0.1, -0.05) is 0 Å². The molecule has 7 nitrogen and oxygen atoms in total. The van der Waals surface area contributed by atoms with Crippen LogP contribution in [0.5, 0.6) is 0 Å². The molecule has 0 saturated heterocycles. The van der Waals surface area contributed by atoms with Crippen molar-refractivity contribution in [3.05, 3.63) is 42.5 Å². The Morgan fingerprint density at radius 2 is 1.72 bits per heavy atom. The van der Waals surface area contributed by atoms with Crippen LogP contribution in [0.1, 0.15) is 0 Å². The van der Waals surface area contributed by atoms with Gasteiger partial charge >= 0.3 is 0 Å². The van der Waals surface area contributed by atoms with Crippen molar-refractivity contribution in [1.29, 1.82) is 0 Å². The number of hydrogen-bond donors (Lipinski definition) is 3. The maximum Gasteiger partial charge on any atom is 0.166 e. The van der Waals surface area contributed by atoms with Gasteiger partial charge in [0.05, 0.1) is 24.4 Å². The predicted molar refractivity (Wildman–Crippen MR) is 101 cm³/mol. The van der Waals surface area contributed by atoms with Crippen molar-refractivity contribution in [2.75, 3.05) is 36.9 Å². The van der Waals surface area contributed by atoms with Gasteiger partial charge in [0.1, 0.15) is 0 Å². The summed E-state index contributed by atoms with van der Waals surface area (Å²) in [6.45, 7) is 0.998. The third-order valence-corrected chi connectivity index (χ3v) is 4.45. The lowest BCUT2D eigenvalue weighted by atomic mass is 10.2. The van der Waals surface area contributed by atoms with Crippen LogP contribution in [0.25, 0.3) is 10.9 Å². The summed E-state index contributed by atoms with van der Waals surface area (Å²) >= 11 is 1.28. The van der Waals surface area contributed by atoms with Gasteiger partial charge in [-0.05, 0) is 54.0 Å². The molecule has 0 amide bonds. The van der Waals surface area contributed by atoms with E-state index in [4.69, 9.17) is 15.9 Å². The van der Waals surface area contributed by atoms with Crippen LogP contribution < -0.4 is 10.6 Å². The minimum atomic E-state index is 0.0308. The number of hydrogen-bond acceptors (Lipinski definition) is 8. The molecule has 0 atom stereocenters. The number of rotatable bonds is 7. The van der Waals surface area contributed by atoms with Gasteiger partial charge in [0.25, 0.3) is 0 Å². The van der Waals surface area contributed by atoms with Crippen LogP contribution in [0.3, 0.4) is 0 Å². The van der Waals surface area contributed by atoms with Gasteiger partial charge in [0.2, 0.25) is 0 Å². The van der Waals surface area contributed by atoms with Crippen LogP contribution >= 0.6 is 11.5 Å². The molecule has 1 heterocycles. The fourth-order valence-corrected chi connectivity index (χ4v) is 3.15. The van der Waals surface area contributed by atoms with Gasteiger partial charge in [-0.2, -0.15) is 4.37 Å². The number of nitrogen functional groups attached to an aromatic ring is 1. The number of azo groups is 1. The molecule has 0 bridgehead atoms. The second-order valence-corrected chi connectivity index (χ2v) is 6.17. The number of fused-ring (bicyclic) bond motifs is 1. The first-order valence-electron chi connectivity index (χ1n) is 7.84. The van der Waals surface area contributed by atoms with E-state index in [9.17, 15) is 0 Å². The lowest BCUT2D eigenvalue weighted by Crippen LogP contribution is -2.29. The molecule has 130 valence electrons. The summed E-state index contributed by atoms with van der Waals surface area (Å²) in [7, 11) is 0. The van der Waals surface area contributed by atoms with E-state index in [1.807, 2.05) is 47.4 Å². The Balaban J connectivity index is 1.78. The molecule has 8 heteroatoms. The molecular formula is C17H19N5O2S. The van der Waals surface area contributed by atoms with Gasteiger partial charge in [0, 0.05) is 29.9 Å². The maximum absolute atomic E-state index is 9.10. The van der Waals surface area contributed by atoms with Crippen LogP contribution in [-0.4, -0.2) is 40.9 Å². The zero-order valence-corrected chi connectivity index (χ0v) is 14.4. The molecule has 0 saturated carbocycles. The van der Waals surface area contributed by atoms with E-state index >= 15 is 0 Å². The second-order valence-electron chi connectivity index (χ2n) is 5.41. The van der Waals surface area contributed by atoms with E-state index in [1.165, 1.54) is 11.5 Å². The molecule has 0 fully saturated rings. The summed E-state index contributed by atoms with van der Waals surface area (Å²) in [4.78, 5) is 1.90. The Bertz CT molecular complexity index is 857. The molecule has 4 N–H and O–H groups in total. The van der Waals surface area contributed by atoms with E-state index in [0.29, 0.717) is 29.5 Å². The van der Waals surface area contributed by atoms with Crippen molar-refractivity contribution in [3.8, 4) is 0 Å². The number of benzene rings is 2. The normalized spacial score (nSPS) is 11.4. The summed E-state index contributed by atoms with van der Waals surface area (Å²) in [5, 5.41) is 28.4. The van der Waals surface area contributed by atoms with Gasteiger partial charge in [0.15, 0.2) is 5.00 Å². The molecule has 2 aromatic carbocycles. The molecule has 0 spiro atoms. The molecule has 0 unspecified atom stereocenters. The highest BCUT2D eigenvalue weighted by atomic mass is 32.1. The number of nitrogens with two attached hydrogens (primary N) is 1. The van der Waals surface area contributed by atoms with Gasteiger partial charge in [-0.25, -0.2) is 0 Å². The summed E-state index contributed by atoms with van der Waals surface area (Å²) in [6.07, 6.45) is 0. The fraction of sp³-hybridized carbons (Fsp3) is 0.235. The maximum atomic E-state index is 9.10. The van der Waals surface area contributed by atoms with Crippen molar-refractivity contribution >= 4 is 44.5 Å². The average Bonchev–Trinajstić information content (AvgIpc) is 3.02. The van der Waals surface area contributed by atoms with Crippen LogP contribution in [0.4, 0.5) is 22.1 Å². The first-order chi connectivity index (χ1) is 12.2. The van der Waals surface area contributed by atoms with Crippen LogP contribution in [0.2, 0.25) is 0 Å². The van der Waals surface area contributed by atoms with Crippen molar-refractivity contribution in [3.63, 3.8) is 0 Å². The molecule has 1 aromatic heterocycles. The first kappa shape index (κ1) is 17.3. The fourth-order valence-electron chi connectivity index (χ4n) is 2.46. The summed E-state index contributed by atoms with van der Waals surface area (Å²) in [6, 6.07) is 13.0.